The summed E-state index contributed by atoms with van der Waals surface area (Å²) in [5.74, 6) is -0.680. The van der Waals surface area contributed by atoms with Gasteiger partial charge in [-0.05, 0) is 24.6 Å². The Labute approximate surface area is 105 Å². The fraction of sp³-hybridized carbons (Fsp3) is 0.333. The number of thiocarbonyl (C=S) groups is 1. The molecule has 0 aliphatic heterocycles. The molecule has 3 nitrogen and oxygen atoms in total. The Kier molecular flexibility index (Phi) is 4.57. The molecule has 5 heteroatoms. The van der Waals surface area contributed by atoms with Crippen LogP contribution in [-0.2, 0) is 4.79 Å². The molecular weight excluding hydrogens is 239 g/mol. The van der Waals surface area contributed by atoms with E-state index in [1.165, 1.54) is 18.2 Å². The number of carbonyl (C=O) groups is 1. The molecule has 0 aliphatic rings. The fourth-order valence-electron chi connectivity index (χ4n) is 1.24. The van der Waals surface area contributed by atoms with Gasteiger partial charge in [-0.15, -0.1) is 0 Å². The van der Waals surface area contributed by atoms with Crippen molar-refractivity contribution in [2.75, 3.05) is 5.32 Å². The van der Waals surface area contributed by atoms with E-state index in [0.717, 1.165) is 6.42 Å². The van der Waals surface area contributed by atoms with Crippen molar-refractivity contribution < 1.29 is 9.18 Å². The Hall–Kier alpha value is -1.49. The van der Waals surface area contributed by atoms with Gasteiger partial charge in [0.2, 0.25) is 5.91 Å². The smallest absolute Gasteiger partial charge is 0.227 e. The van der Waals surface area contributed by atoms with Crippen LogP contribution in [0.15, 0.2) is 18.2 Å². The van der Waals surface area contributed by atoms with Gasteiger partial charge in [-0.1, -0.05) is 26.1 Å². The first-order valence-electron chi connectivity index (χ1n) is 5.36. The van der Waals surface area contributed by atoms with Gasteiger partial charge < -0.3 is 11.1 Å². The number of amides is 1. The third kappa shape index (κ3) is 3.49. The molecule has 92 valence electrons. The number of anilines is 1. The third-order valence-corrected chi connectivity index (χ3v) is 2.78. The van der Waals surface area contributed by atoms with Gasteiger partial charge in [-0.25, -0.2) is 4.39 Å². The normalized spacial score (nSPS) is 11.9. The molecule has 0 aromatic heterocycles. The number of nitrogens with two attached hydrogens (primary N) is 1. The third-order valence-electron chi connectivity index (χ3n) is 2.56. The van der Waals surface area contributed by atoms with E-state index >= 15 is 0 Å². The number of hydrogen-bond acceptors (Lipinski definition) is 2. The second-order valence-electron chi connectivity index (χ2n) is 3.86. The predicted molar refractivity (Wildman–Crippen MR) is 70.4 cm³/mol. The topological polar surface area (TPSA) is 55.1 Å². The highest BCUT2D eigenvalue weighted by Gasteiger charge is 2.12. The van der Waals surface area contributed by atoms with Crippen molar-refractivity contribution in [2.45, 2.75) is 20.3 Å². The van der Waals surface area contributed by atoms with Crippen LogP contribution in [0.5, 0.6) is 0 Å². The molecule has 0 fully saturated rings. The van der Waals surface area contributed by atoms with Crippen LogP contribution in [0.25, 0.3) is 0 Å². The summed E-state index contributed by atoms with van der Waals surface area (Å²) >= 11 is 4.72. The van der Waals surface area contributed by atoms with Crippen molar-refractivity contribution in [1.82, 2.24) is 0 Å². The van der Waals surface area contributed by atoms with Crippen molar-refractivity contribution in [1.29, 1.82) is 0 Å². The Bertz CT molecular complexity index is 448. The van der Waals surface area contributed by atoms with Crippen molar-refractivity contribution in [3.63, 3.8) is 0 Å². The van der Waals surface area contributed by atoms with E-state index in [0.29, 0.717) is 5.69 Å². The van der Waals surface area contributed by atoms with E-state index in [9.17, 15) is 9.18 Å². The van der Waals surface area contributed by atoms with Crippen LogP contribution in [0.2, 0.25) is 0 Å². The zero-order chi connectivity index (χ0) is 13.0. The van der Waals surface area contributed by atoms with E-state index in [2.05, 4.69) is 5.32 Å². The van der Waals surface area contributed by atoms with Crippen molar-refractivity contribution >= 4 is 28.8 Å². The van der Waals surface area contributed by atoms with Gasteiger partial charge in [0.25, 0.3) is 0 Å². The van der Waals surface area contributed by atoms with Crippen LogP contribution < -0.4 is 11.1 Å². The van der Waals surface area contributed by atoms with E-state index in [1.54, 1.807) is 0 Å². The molecule has 1 amide bonds. The molecule has 1 atom stereocenters. The molecule has 1 rings (SSSR count). The average Bonchev–Trinajstić information content (AvgIpc) is 2.30. The molecule has 1 unspecified atom stereocenters. The van der Waals surface area contributed by atoms with E-state index in [-0.39, 0.29) is 22.4 Å². The maximum atomic E-state index is 13.3. The summed E-state index contributed by atoms with van der Waals surface area (Å²) in [6.07, 6.45) is 0.745. The van der Waals surface area contributed by atoms with E-state index in [4.69, 9.17) is 18.0 Å². The minimum atomic E-state index is -0.487. The van der Waals surface area contributed by atoms with Crippen molar-refractivity contribution in [3.05, 3.63) is 29.6 Å². The highest BCUT2D eigenvalue weighted by atomic mass is 32.1. The highest BCUT2D eigenvalue weighted by Crippen LogP contribution is 2.16. The van der Waals surface area contributed by atoms with Gasteiger partial charge >= 0.3 is 0 Å². The Balaban J connectivity index is 2.90. The SMILES string of the molecule is CCC(C)C(=O)Nc1ccc(F)c(C(N)=S)c1. The monoisotopic (exact) mass is 254 g/mol. The van der Waals surface area contributed by atoms with Crippen LogP contribution in [0.4, 0.5) is 10.1 Å². The summed E-state index contributed by atoms with van der Waals surface area (Å²) in [6, 6.07) is 4.16. The summed E-state index contributed by atoms with van der Waals surface area (Å²) < 4.78 is 13.3. The Morgan fingerprint density at radius 3 is 2.76 bits per heavy atom. The summed E-state index contributed by atoms with van der Waals surface area (Å²) in [5, 5.41) is 2.69. The standard InChI is InChI=1S/C12H15FN2OS/c1-3-7(2)12(16)15-8-4-5-10(13)9(6-8)11(14)17/h4-7H,3H2,1-2H3,(H2,14,17)(H,15,16). The maximum Gasteiger partial charge on any atom is 0.227 e. The van der Waals surface area contributed by atoms with Crippen LogP contribution in [0.3, 0.4) is 0 Å². The van der Waals surface area contributed by atoms with Gasteiger partial charge in [0.1, 0.15) is 10.8 Å². The molecule has 0 bridgehead atoms. The molecule has 3 N–H and O–H groups in total. The van der Waals surface area contributed by atoms with Crippen molar-refractivity contribution in [2.24, 2.45) is 11.7 Å². The average molecular weight is 254 g/mol. The minimum absolute atomic E-state index is 0.0258. The molecule has 0 heterocycles. The number of rotatable bonds is 4. The first kappa shape index (κ1) is 13.6. The first-order chi connectivity index (χ1) is 7.95. The molecule has 0 saturated heterocycles. The van der Waals surface area contributed by atoms with Crippen molar-refractivity contribution in [3.8, 4) is 0 Å². The van der Waals surface area contributed by atoms with Gasteiger partial charge in [-0.3, -0.25) is 4.79 Å². The van der Waals surface area contributed by atoms with Gasteiger partial charge in [0, 0.05) is 17.2 Å². The number of benzene rings is 1. The molecular formula is C12H15FN2OS. The predicted octanol–water partition coefficient (Wildman–Crippen LogP) is 2.44. The zero-order valence-electron chi connectivity index (χ0n) is 9.79. The van der Waals surface area contributed by atoms with E-state index < -0.39 is 5.82 Å². The largest absolute Gasteiger partial charge is 0.389 e. The summed E-state index contributed by atoms with van der Waals surface area (Å²) in [4.78, 5) is 11.6. The van der Waals surface area contributed by atoms with E-state index in [1.807, 2.05) is 13.8 Å². The molecule has 0 spiro atoms. The van der Waals surface area contributed by atoms with Crippen LogP contribution in [0, 0.1) is 11.7 Å². The van der Waals surface area contributed by atoms with Gasteiger partial charge in [-0.2, -0.15) is 0 Å². The second-order valence-corrected chi connectivity index (χ2v) is 4.30. The molecule has 0 radical (unpaired) electrons. The van der Waals surface area contributed by atoms with Crippen LogP contribution in [-0.4, -0.2) is 10.9 Å². The molecule has 0 saturated carbocycles. The lowest BCUT2D eigenvalue weighted by molar-refractivity contribution is -0.119. The molecule has 0 aliphatic carbocycles. The lowest BCUT2D eigenvalue weighted by Gasteiger charge is -2.11. The van der Waals surface area contributed by atoms with Gasteiger partial charge in [0.05, 0.1) is 0 Å². The quantitative estimate of drug-likeness (QED) is 0.811. The lowest BCUT2D eigenvalue weighted by Crippen LogP contribution is -2.20. The Morgan fingerprint density at radius 2 is 2.24 bits per heavy atom. The molecule has 17 heavy (non-hydrogen) atoms. The summed E-state index contributed by atoms with van der Waals surface area (Å²) in [5.41, 5.74) is 6.02. The van der Waals surface area contributed by atoms with Crippen LogP contribution in [0.1, 0.15) is 25.8 Å². The van der Waals surface area contributed by atoms with Gasteiger partial charge in [0.15, 0.2) is 0 Å². The first-order valence-corrected chi connectivity index (χ1v) is 5.76. The summed E-state index contributed by atoms with van der Waals surface area (Å²) in [7, 11) is 0. The zero-order valence-corrected chi connectivity index (χ0v) is 10.6. The number of halogens is 1. The Morgan fingerprint density at radius 1 is 1.59 bits per heavy atom. The maximum absolute atomic E-state index is 13.3. The lowest BCUT2D eigenvalue weighted by atomic mass is 10.1. The number of hydrogen-bond donors (Lipinski definition) is 2. The second kappa shape index (κ2) is 5.72. The summed E-state index contributed by atoms with van der Waals surface area (Å²) in [6.45, 7) is 3.75. The number of nitrogens with one attached hydrogen (secondary N) is 1. The highest BCUT2D eigenvalue weighted by molar-refractivity contribution is 7.80. The molecule has 1 aromatic carbocycles. The van der Waals surface area contributed by atoms with Crippen LogP contribution >= 0.6 is 12.2 Å². The number of carbonyl (C=O) groups excluding carboxylic acids is 1. The molecule has 1 aromatic rings. The minimum Gasteiger partial charge on any atom is -0.389 e. The fourth-order valence-corrected chi connectivity index (χ4v) is 1.40.